The standard InChI is InChI=1S/C53H58FN7O12/c1-4-53(72)35-23-40-49-33(26-61(40)51(70)34(35)27-73-52(53)71)48-37(14-13-32-29(3)36(54)24-39(59-49)47(32)48)57-44(66)11-8-19-55-42(64)17-15-41(63)38(22-30-9-6-5-7-10-30)58-45(67)16-12-31(62)25-56-43(65)18-20-60-46(68)21-28(2)50(60)69/h5-7,9-10,23-24,28,37-38,72H,4,8,11-22,25-27H2,1-3H3,(H,55,64)(H,56,65)(H,57,66)(H,58,67)/t28?,37-,38-,53-/m0/s1. The van der Waals surface area contributed by atoms with Crippen LogP contribution in [0.15, 0.2) is 47.3 Å². The second kappa shape index (κ2) is 21.7. The number of carbonyl (C=O) groups is 9. The molecular formula is C53H58FN7O12. The Balaban J connectivity index is 0.830. The third-order valence-corrected chi connectivity index (χ3v) is 14.4. The number of hydrogen-bond acceptors (Lipinski definition) is 13. The summed E-state index contributed by atoms with van der Waals surface area (Å²) in [7, 11) is 0. The van der Waals surface area contributed by atoms with Crippen molar-refractivity contribution in [3.8, 4) is 11.4 Å². The van der Waals surface area contributed by atoms with E-state index in [0.29, 0.717) is 51.8 Å². The number of pyridine rings is 2. The van der Waals surface area contributed by atoms with Crippen LogP contribution < -0.4 is 26.8 Å². The molecule has 20 heteroatoms. The molecule has 4 aliphatic rings. The van der Waals surface area contributed by atoms with Crippen LogP contribution in [0.2, 0.25) is 0 Å². The molecule has 8 rings (SSSR count). The molecule has 19 nitrogen and oxygen atoms in total. The minimum atomic E-state index is -2.03. The van der Waals surface area contributed by atoms with Gasteiger partial charge in [0.25, 0.3) is 5.56 Å². The van der Waals surface area contributed by atoms with Gasteiger partial charge in [0.15, 0.2) is 17.2 Å². The molecule has 0 saturated carbocycles. The number of rotatable bonds is 21. The summed E-state index contributed by atoms with van der Waals surface area (Å²) in [5.74, 6) is -5.13. The molecule has 0 spiro atoms. The maximum absolute atomic E-state index is 15.4. The number of nitrogens with one attached hydrogen (secondary N) is 4. The molecule has 2 aromatic carbocycles. The first-order chi connectivity index (χ1) is 34.9. The largest absolute Gasteiger partial charge is 0.458 e. The van der Waals surface area contributed by atoms with Crippen molar-refractivity contribution in [1.82, 2.24) is 35.7 Å². The van der Waals surface area contributed by atoms with Crippen molar-refractivity contribution in [2.45, 2.75) is 129 Å². The zero-order valence-corrected chi connectivity index (χ0v) is 41.0. The number of ether oxygens (including phenoxy) is 1. The minimum Gasteiger partial charge on any atom is -0.458 e. The molecule has 1 fully saturated rings. The summed E-state index contributed by atoms with van der Waals surface area (Å²) in [6.07, 6.45) is 0.304. The van der Waals surface area contributed by atoms with E-state index in [2.05, 4.69) is 21.3 Å². The molecule has 0 bridgehead atoms. The Morgan fingerprint density at radius 3 is 2.37 bits per heavy atom. The summed E-state index contributed by atoms with van der Waals surface area (Å²) in [6, 6.07) is 10.3. The van der Waals surface area contributed by atoms with Crippen molar-refractivity contribution in [2.75, 3.05) is 19.6 Å². The van der Waals surface area contributed by atoms with Crippen LogP contribution in [0.4, 0.5) is 4.39 Å². The molecular weight excluding hydrogens is 946 g/mol. The number of aryl methyl sites for hydroxylation is 1. The van der Waals surface area contributed by atoms with Crippen molar-refractivity contribution >= 4 is 63.9 Å². The Hall–Kier alpha value is -7.48. The highest BCUT2D eigenvalue weighted by molar-refractivity contribution is 6.03. The average molecular weight is 1000 g/mol. The lowest BCUT2D eigenvalue weighted by atomic mass is 9.81. The number of fused-ring (bicyclic) bond motifs is 5. The second-order valence-electron chi connectivity index (χ2n) is 19.3. The maximum Gasteiger partial charge on any atom is 0.343 e. The van der Waals surface area contributed by atoms with E-state index in [1.807, 2.05) is 0 Å². The Bertz CT molecular complexity index is 3030. The molecule has 6 amide bonds. The lowest BCUT2D eigenvalue weighted by Crippen LogP contribution is -2.44. The van der Waals surface area contributed by atoms with Crippen LogP contribution in [0.1, 0.15) is 123 Å². The van der Waals surface area contributed by atoms with E-state index >= 15 is 4.39 Å². The molecule has 3 aliphatic heterocycles. The number of likely N-dealkylation sites (tertiary alicyclic amines) is 1. The molecule has 4 atom stereocenters. The molecule has 0 radical (unpaired) electrons. The topological polar surface area (TPSA) is 269 Å². The lowest BCUT2D eigenvalue weighted by molar-refractivity contribution is -0.172. The number of carbonyl (C=O) groups excluding carboxylic acids is 9. The first-order valence-electron chi connectivity index (χ1n) is 24.7. The van der Waals surface area contributed by atoms with E-state index in [4.69, 9.17) is 9.72 Å². The van der Waals surface area contributed by atoms with Gasteiger partial charge in [-0.15, -0.1) is 0 Å². The van der Waals surface area contributed by atoms with Crippen LogP contribution in [0.25, 0.3) is 22.3 Å². The quantitative estimate of drug-likeness (QED) is 0.0403. The van der Waals surface area contributed by atoms with Crippen molar-refractivity contribution in [3.63, 3.8) is 0 Å². The number of halogens is 1. The van der Waals surface area contributed by atoms with Gasteiger partial charge >= 0.3 is 5.97 Å². The molecule has 1 saturated heterocycles. The minimum absolute atomic E-state index is 0.0278. The van der Waals surface area contributed by atoms with E-state index in [1.54, 1.807) is 57.2 Å². The molecule has 384 valence electrons. The van der Waals surface area contributed by atoms with Crippen molar-refractivity contribution in [1.29, 1.82) is 0 Å². The highest BCUT2D eigenvalue weighted by Gasteiger charge is 2.46. The smallest absolute Gasteiger partial charge is 0.343 e. The van der Waals surface area contributed by atoms with E-state index < -0.39 is 70.2 Å². The van der Waals surface area contributed by atoms with Crippen molar-refractivity contribution in [3.05, 3.63) is 97.6 Å². The molecule has 73 heavy (non-hydrogen) atoms. The predicted molar refractivity (Wildman–Crippen MR) is 259 cm³/mol. The Labute approximate surface area is 419 Å². The van der Waals surface area contributed by atoms with Gasteiger partial charge in [-0.2, -0.15) is 0 Å². The Morgan fingerprint density at radius 2 is 1.64 bits per heavy atom. The van der Waals surface area contributed by atoms with Gasteiger partial charge < -0.3 is 35.7 Å². The third-order valence-electron chi connectivity index (χ3n) is 14.4. The van der Waals surface area contributed by atoms with Crippen LogP contribution in [-0.2, 0) is 79.5 Å². The fraction of sp³-hybridized carbons (Fsp3) is 0.453. The number of imide groups is 1. The fourth-order valence-corrected chi connectivity index (χ4v) is 10.2. The van der Waals surface area contributed by atoms with Gasteiger partial charge in [0.2, 0.25) is 35.4 Å². The summed E-state index contributed by atoms with van der Waals surface area (Å²) in [5, 5.41) is 23.1. The normalized spacial score (nSPS) is 18.9. The van der Waals surface area contributed by atoms with Crippen LogP contribution in [0, 0.1) is 18.7 Å². The van der Waals surface area contributed by atoms with Crippen molar-refractivity contribution < 1.29 is 57.4 Å². The van der Waals surface area contributed by atoms with Gasteiger partial charge in [-0.25, -0.2) is 14.2 Å². The SMILES string of the molecule is CC[C@@]1(O)C(=O)OCc2c1cc1n(c2=O)Cc2c-1nc1cc(F)c(C)c3c1c2[C@@H](NC(=O)CCCNC(=O)CCC(=O)[C@H](Cc1ccccc1)NC(=O)CCC(=O)CNC(=O)CCN1C(=O)CC(C)C1=O)CC3. The summed E-state index contributed by atoms with van der Waals surface area (Å²) in [6.45, 7) is 4.40. The summed E-state index contributed by atoms with van der Waals surface area (Å²) >= 11 is 0. The third kappa shape index (κ3) is 10.8. The first kappa shape index (κ1) is 51.9. The van der Waals surface area contributed by atoms with Crippen LogP contribution in [-0.4, -0.2) is 98.2 Å². The number of esters is 1. The molecule has 4 aromatic rings. The predicted octanol–water partition coefficient (Wildman–Crippen LogP) is 2.85. The molecule has 5 N–H and O–H groups in total. The molecule has 2 aromatic heterocycles. The number of benzene rings is 2. The second-order valence-corrected chi connectivity index (χ2v) is 19.3. The maximum atomic E-state index is 15.4. The summed E-state index contributed by atoms with van der Waals surface area (Å²) < 4.78 is 22.1. The number of Topliss-reactive ketones (excluding diaryl/α,β-unsaturated/α-hetero) is 2. The van der Waals surface area contributed by atoms with Gasteiger partial charge in [-0.1, -0.05) is 44.2 Å². The van der Waals surface area contributed by atoms with Crippen LogP contribution >= 0.6 is 0 Å². The summed E-state index contributed by atoms with van der Waals surface area (Å²) in [5.41, 5.74) is 2.27. The average Bonchev–Trinajstić information content (AvgIpc) is 3.86. The van der Waals surface area contributed by atoms with E-state index in [9.17, 15) is 53.1 Å². The van der Waals surface area contributed by atoms with Gasteiger partial charge in [0, 0.05) is 86.5 Å². The monoisotopic (exact) mass is 1000 g/mol. The van der Waals surface area contributed by atoms with Gasteiger partial charge in [-0.05, 0) is 67.3 Å². The van der Waals surface area contributed by atoms with E-state index in [1.165, 1.54) is 10.6 Å². The zero-order chi connectivity index (χ0) is 52.3. The van der Waals surface area contributed by atoms with Crippen LogP contribution in [0.3, 0.4) is 0 Å². The molecule has 1 aliphatic carbocycles. The number of amides is 6. The number of aliphatic hydroxyl groups is 1. The lowest BCUT2D eigenvalue weighted by Gasteiger charge is -2.31. The summed E-state index contributed by atoms with van der Waals surface area (Å²) in [4.78, 5) is 135. The van der Waals surface area contributed by atoms with Gasteiger partial charge in [0.1, 0.15) is 12.4 Å². The molecule has 5 heterocycles. The van der Waals surface area contributed by atoms with Gasteiger partial charge in [0.05, 0.1) is 47.6 Å². The molecule has 1 unspecified atom stereocenters. The number of aromatic nitrogens is 2. The number of ketones is 2. The number of hydrogen-bond donors (Lipinski definition) is 5. The first-order valence-corrected chi connectivity index (χ1v) is 24.7. The zero-order valence-electron chi connectivity index (χ0n) is 41.0. The fourth-order valence-electron chi connectivity index (χ4n) is 10.2. The Kier molecular flexibility index (Phi) is 15.4. The highest BCUT2D eigenvalue weighted by Crippen LogP contribution is 2.46. The number of nitrogens with zero attached hydrogens (tertiary/aromatic N) is 3. The van der Waals surface area contributed by atoms with E-state index in [0.717, 1.165) is 16.0 Å². The van der Waals surface area contributed by atoms with Gasteiger partial charge in [-0.3, -0.25) is 48.1 Å². The van der Waals surface area contributed by atoms with Crippen LogP contribution in [0.5, 0.6) is 0 Å². The number of cyclic esters (lactones) is 1. The Morgan fingerprint density at radius 1 is 0.904 bits per heavy atom. The van der Waals surface area contributed by atoms with Crippen molar-refractivity contribution in [2.24, 2.45) is 5.92 Å². The van der Waals surface area contributed by atoms with E-state index in [-0.39, 0.29) is 126 Å². The highest BCUT2D eigenvalue weighted by atomic mass is 19.1.